The summed E-state index contributed by atoms with van der Waals surface area (Å²) in [6.45, 7) is 9.20. The number of nitrogens with one attached hydrogen (secondary N) is 2. The first-order valence-electron chi connectivity index (χ1n) is 6.22. The lowest BCUT2D eigenvalue weighted by Gasteiger charge is -2.11. The molecule has 0 amide bonds. The monoisotopic (exact) mass is 255 g/mol. The molecule has 3 nitrogen and oxygen atoms in total. The molecule has 17 heavy (non-hydrogen) atoms. The molecule has 96 valence electrons. The Hall–Kier alpha value is -0.800. The molecule has 0 aromatic carbocycles. The summed E-state index contributed by atoms with van der Waals surface area (Å²) in [5.74, 6) is 1.36. The molecule has 0 fully saturated rings. The van der Waals surface area contributed by atoms with Crippen LogP contribution in [0.1, 0.15) is 32.8 Å². The van der Waals surface area contributed by atoms with E-state index in [1.807, 2.05) is 12.3 Å². The molecule has 0 atom stereocenters. The van der Waals surface area contributed by atoms with Gasteiger partial charge in [-0.3, -0.25) is 0 Å². The average Bonchev–Trinajstić information content (AvgIpc) is 2.28. The molecule has 0 aliphatic carbocycles. The fourth-order valence-electron chi connectivity index (χ4n) is 1.41. The quantitative estimate of drug-likeness (QED) is 0.734. The van der Waals surface area contributed by atoms with Crippen molar-refractivity contribution < 1.29 is 0 Å². The van der Waals surface area contributed by atoms with Gasteiger partial charge in [-0.25, -0.2) is 4.98 Å². The van der Waals surface area contributed by atoms with E-state index in [1.165, 1.54) is 0 Å². The van der Waals surface area contributed by atoms with E-state index >= 15 is 0 Å². The molecule has 1 heterocycles. The van der Waals surface area contributed by atoms with Crippen LogP contribution in [-0.2, 0) is 6.54 Å². The van der Waals surface area contributed by atoms with Gasteiger partial charge in [0, 0.05) is 19.3 Å². The molecule has 0 aliphatic heterocycles. The first kappa shape index (κ1) is 14.3. The molecule has 0 saturated heterocycles. The highest BCUT2D eigenvalue weighted by molar-refractivity contribution is 6.32. The van der Waals surface area contributed by atoms with E-state index in [-0.39, 0.29) is 0 Å². The van der Waals surface area contributed by atoms with Crippen molar-refractivity contribution >= 4 is 17.4 Å². The number of nitrogens with zero attached hydrogens (tertiary/aromatic N) is 1. The third kappa shape index (κ3) is 5.37. The number of pyridine rings is 1. The normalized spacial score (nSPS) is 10.9. The van der Waals surface area contributed by atoms with Crippen molar-refractivity contribution in [2.45, 2.75) is 33.7 Å². The van der Waals surface area contributed by atoms with Crippen molar-refractivity contribution in [2.75, 3.05) is 18.4 Å². The molecule has 4 heteroatoms. The standard InChI is InChI=1S/C13H22ClN3/c1-4-5-15-8-11-6-12(14)13(17-9-11)16-7-10(2)3/h6,9-10,15H,4-5,7-8H2,1-3H3,(H,16,17). The van der Waals surface area contributed by atoms with Crippen LogP contribution in [0.5, 0.6) is 0 Å². The van der Waals surface area contributed by atoms with Crippen molar-refractivity contribution in [1.82, 2.24) is 10.3 Å². The van der Waals surface area contributed by atoms with Crippen LogP contribution in [0.2, 0.25) is 5.02 Å². The Bertz CT molecular complexity index is 339. The maximum absolute atomic E-state index is 6.17. The first-order chi connectivity index (χ1) is 8.13. The zero-order valence-corrected chi connectivity index (χ0v) is 11.6. The third-order valence-electron chi connectivity index (χ3n) is 2.33. The molecular weight excluding hydrogens is 234 g/mol. The van der Waals surface area contributed by atoms with E-state index in [4.69, 9.17) is 11.6 Å². The lowest BCUT2D eigenvalue weighted by molar-refractivity contribution is 0.673. The summed E-state index contributed by atoms with van der Waals surface area (Å²) in [5.41, 5.74) is 1.12. The summed E-state index contributed by atoms with van der Waals surface area (Å²) in [5, 5.41) is 7.27. The Balaban J connectivity index is 2.53. The van der Waals surface area contributed by atoms with Crippen LogP contribution < -0.4 is 10.6 Å². The van der Waals surface area contributed by atoms with E-state index in [2.05, 4.69) is 36.4 Å². The summed E-state index contributed by atoms with van der Waals surface area (Å²) < 4.78 is 0. The van der Waals surface area contributed by atoms with Crippen molar-refractivity contribution in [1.29, 1.82) is 0 Å². The van der Waals surface area contributed by atoms with E-state index in [1.54, 1.807) is 0 Å². The van der Waals surface area contributed by atoms with Gasteiger partial charge in [0.15, 0.2) is 0 Å². The van der Waals surface area contributed by atoms with Crippen molar-refractivity contribution in [3.8, 4) is 0 Å². The third-order valence-corrected chi connectivity index (χ3v) is 2.62. The molecule has 2 N–H and O–H groups in total. The predicted octanol–water partition coefficient (Wildman–Crippen LogP) is 3.30. The number of hydrogen-bond donors (Lipinski definition) is 2. The predicted molar refractivity (Wildman–Crippen MR) is 74.6 cm³/mol. The van der Waals surface area contributed by atoms with Gasteiger partial charge in [0.25, 0.3) is 0 Å². The van der Waals surface area contributed by atoms with Gasteiger partial charge in [-0.05, 0) is 30.5 Å². The van der Waals surface area contributed by atoms with Gasteiger partial charge < -0.3 is 10.6 Å². The molecule has 0 radical (unpaired) electrons. The second kappa shape index (κ2) is 7.51. The van der Waals surface area contributed by atoms with Crippen LogP contribution in [0.15, 0.2) is 12.3 Å². The molecule has 1 rings (SSSR count). The van der Waals surface area contributed by atoms with Gasteiger partial charge in [-0.15, -0.1) is 0 Å². The second-order valence-corrected chi connectivity index (χ2v) is 5.03. The first-order valence-corrected chi connectivity index (χ1v) is 6.60. The Morgan fingerprint density at radius 3 is 2.76 bits per heavy atom. The van der Waals surface area contributed by atoms with E-state index in [0.29, 0.717) is 10.9 Å². The summed E-state index contributed by atoms with van der Waals surface area (Å²) >= 11 is 6.17. The molecule has 0 aliphatic rings. The van der Waals surface area contributed by atoms with Crippen LogP contribution in [0.25, 0.3) is 0 Å². The minimum absolute atomic E-state index is 0.582. The zero-order valence-electron chi connectivity index (χ0n) is 10.9. The fourth-order valence-corrected chi connectivity index (χ4v) is 1.67. The molecule has 0 bridgehead atoms. The highest BCUT2D eigenvalue weighted by Gasteiger charge is 2.03. The Labute approximate surface area is 109 Å². The maximum Gasteiger partial charge on any atom is 0.144 e. The smallest absolute Gasteiger partial charge is 0.144 e. The summed E-state index contributed by atoms with van der Waals surface area (Å²) in [4.78, 5) is 4.35. The lowest BCUT2D eigenvalue weighted by Crippen LogP contribution is -2.14. The van der Waals surface area contributed by atoms with Gasteiger partial charge >= 0.3 is 0 Å². The summed E-state index contributed by atoms with van der Waals surface area (Å²) in [6, 6.07) is 1.97. The van der Waals surface area contributed by atoms with E-state index in [9.17, 15) is 0 Å². The summed E-state index contributed by atoms with van der Waals surface area (Å²) in [7, 11) is 0. The molecular formula is C13H22ClN3. The molecule has 0 saturated carbocycles. The Morgan fingerprint density at radius 2 is 2.18 bits per heavy atom. The van der Waals surface area contributed by atoms with Crippen LogP contribution in [0, 0.1) is 5.92 Å². The average molecular weight is 256 g/mol. The van der Waals surface area contributed by atoms with E-state index in [0.717, 1.165) is 37.4 Å². The lowest BCUT2D eigenvalue weighted by atomic mass is 10.2. The topological polar surface area (TPSA) is 37.0 Å². The van der Waals surface area contributed by atoms with Gasteiger partial charge in [0.05, 0.1) is 5.02 Å². The Morgan fingerprint density at radius 1 is 1.41 bits per heavy atom. The van der Waals surface area contributed by atoms with Crippen LogP contribution in [0.4, 0.5) is 5.82 Å². The minimum atomic E-state index is 0.582. The van der Waals surface area contributed by atoms with Crippen LogP contribution >= 0.6 is 11.6 Å². The maximum atomic E-state index is 6.17. The molecule has 0 spiro atoms. The number of aromatic nitrogens is 1. The summed E-state index contributed by atoms with van der Waals surface area (Å²) in [6.07, 6.45) is 3.01. The molecule has 1 aromatic rings. The largest absolute Gasteiger partial charge is 0.369 e. The number of anilines is 1. The van der Waals surface area contributed by atoms with Gasteiger partial charge in [-0.2, -0.15) is 0 Å². The fraction of sp³-hybridized carbons (Fsp3) is 0.615. The minimum Gasteiger partial charge on any atom is -0.369 e. The number of halogens is 1. The van der Waals surface area contributed by atoms with Gasteiger partial charge in [-0.1, -0.05) is 32.4 Å². The van der Waals surface area contributed by atoms with Crippen molar-refractivity contribution in [3.63, 3.8) is 0 Å². The Kier molecular flexibility index (Phi) is 6.30. The van der Waals surface area contributed by atoms with Crippen LogP contribution in [-0.4, -0.2) is 18.1 Å². The highest BCUT2D eigenvalue weighted by atomic mass is 35.5. The van der Waals surface area contributed by atoms with E-state index < -0.39 is 0 Å². The molecule has 1 aromatic heterocycles. The second-order valence-electron chi connectivity index (χ2n) is 4.63. The van der Waals surface area contributed by atoms with Crippen molar-refractivity contribution in [2.24, 2.45) is 5.92 Å². The van der Waals surface area contributed by atoms with Gasteiger partial charge in [0.2, 0.25) is 0 Å². The van der Waals surface area contributed by atoms with Crippen molar-refractivity contribution in [3.05, 3.63) is 22.8 Å². The molecule has 0 unspecified atom stereocenters. The number of rotatable bonds is 7. The van der Waals surface area contributed by atoms with Crippen LogP contribution in [0.3, 0.4) is 0 Å². The zero-order chi connectivity index (χ0) is 12.7. The highest BCUT2D eigenvalue weighted by Crippen LogP contribution is 2.20. The SMILES string of the molecule is CCCNCc1cnc(NCC(C)C)c(Cl)c1. The number of hydrogen-bond acceptors (Lipinski definition) is 3. The van der Waals surface area contributed by atoms with Gasteiger partial charge in [0.1, 0.15) is 5.82 Å².